The summed E-state index contributed by atoms with van der Waals surface area (Å²) in [7, 11) is 2.17. The van der Waals surface area contributed by atoms with Crippen molar-refractivity contribution in [2.75, 3.05) is 38.5 Å². The van der Waals surface area contributed by atoms with E-state index in [-0.39, 0.29) is 17.6 Å². The Balaban J connectivity index is 1.15. The molecule has 6 rings (SSSR count). The molecule has 3 aliphatic rings. The van der Waals surface area contributed by atoms with Crippen LogP contribution in [0.1, 0.15) is 70.6 Å². The summed E-state index contributed by atoms with van der Waals surface area (Å²) in [5.74, 6) is 1.04. The van der Waals surface area contributed by atoms with Crippen molar-refractivity contribution >= 4 is 22.5 Å². The van der Waals surface area contributed by atoms with E-state index in [0.29, 0.717) is 6.42 Å². The van der Waals surface area contributed by atoms with E-state index in [1.807, 2.05) is 24.3 Å². The first-order chi connectivity index (χ1) is 19.1. The lowest BCUT2D eigenvalue weighted by atomic mass is 9.76. The summed E-state index contributed by atoms with van der Waals surface area (Å²) in [4.78, 5) is 18.4. The van der Waals surface area contributed by atoms with Crippen molar-refractivity contribution in [1.29, 1.82) is 0 Å². The average Bonchev–Trinajstić information content (AvgIpc) is 3.39. The number of H-pyrrole nitrogens is 1. The normalized spacial score (nSPS) is 21.2. The Kier molecular flexibility index (Phi) is 7.89. The zero-order valence-electron chi connectivity index (χ0n) is 23.4. The van der Waals surface area contributed by atoms with E-state index < -0.39 is 0 Å². The van der Waals surface area contributed by atoms with Crippen LogP contribution in [-0.4, -0.2) is 70.8 Å². The molecular weight excluding hydrogens is 486 g/mol. The molecule has 2 aromatic carbocycles. The van der Waals surface area contributed by atoms with E-state index in [2.05, 4.69) is 50.6 Å². The van der Waals surface area contributed by atoms with Crippen LogP contribution in [0.25, 0.3) is 22.2 Å². The van der Waals surface area contributed by atoms with Crippen LogP contribution < -0.4 is 10.1 Å². The lowest BCUT2D eigenvalue weighted by molar-refractivity contribution is -0.120. The third kappa shape index (κ3) is 5.99. The molecule has 0 atom stereocenters. The summed E-state index contributed by atoms with van der Waals surface area (Å²) in [5, 5.41) is 12.0. The summed E-state index contributed by atoms with van der Waals surface area (Å²) in [6.45, 7) is 4.44. The van der Waals surface area contributed by atoms with Gasteiger partial charge in [0.25, 0.3) is 0 Å². The Hall–Kier alpha value is -2.90. The highest BCUT2D eigenvalue weighted by atomic mass is 16.5. The van der Waals surface area contributed by atoms with Gasteiger partial charge in [-0.15, -0.1) is 0 Å². The van der Waals surface area contributed by atoms with E-state index in [4.69, 9.17) is 4.74 Å². The number of aromatic amines is 1. The van der Waals surface area contributed by atoms with Gasteiger partial charge in [0.1, 0.15) is 11.9 Å². The molecule has 0 unspecified atom stereocenters. The van der Waals surface area contributed by atoms with E-state index in [9.17, 15) is 4.79 Å². The number of likely N-dealkylation sites (tertiary alicyclic amines) is 2. The van der Waals surface area contributed by atoms with Gasteiger partial charge in [0.2, 0.25) is 5.91 Å². The molecule has 7 heteroatoms. The molecule has 7 nitrogen and oxygen atoms in total. The van der Waals surface area contributed by atoms with Crippen molar-refractivity contribution < 1.29 is 9.53 Å². The number of nitrogens with one attached hydrogen (secondary N) is 2. The number of nitrogens with zero attached hydrogens (tertiary/aromatic N) is 3. The van der Waals surface area contributed by atoms with E-state index in [1.54, 1.807) is 0 Å². The third-order valence-electron chi connectivity index (χ3n) is 9.24. The predicted molar refractivity (Wildman–Crippen MR) is 157 cm³/mol. The average molecular weight is 530 g/mol. The van der Waals surface area contributed by atoms with E-state index in [0.717, 1.165) is 85.5 Å². The molecule has 3 fully saturated rings. The smallest absolute Gasteiger partial charge is 0.226 e. The number of anilines is 1. The predicted octanol–water partition coefficient (Wildman–Crippen LogP) is 6.22. The number of carbonyl (C=O) groups excluding carboxylic acids is 1. The minimum absolute atomic E-state index is 0.0328. The molecule has 3 heterocycles. The first-order valence-electron chi connectivity index (χ1n) is 15.1. The highest BCUT2D eigenvalue weighted by Gasteiger charge is 2.40. The number of benzene rings is 2. The van der Waals surface area contributed by atoms with Crippen LogP contribution in [0.2, 0.25) is 0 Å². The van der Waals surface area contributed by atoms with Crippen molar-refractivity contribution in [3.8, 4) is 17.0 Å². The zero-order valence-corrected chi connectivity index (χ0v) is 23.4. The van der Waals surface area contributed by atoms with Crippen LogP contribution in [0.5, 0.6) is 5.75 Å². The summed E-state index contributed by atoms with van der Waals surface area (Å²) in [6, 6.07) is 14.3. The Bertz CT molecular complexity index is 1250. The number of hydrogen-bond acceptors (Lipinski definition) is 5. The van der Waals surface area contributed by atoms with Gasteiger partial charge in [-0.1, -0.05) is 25.7 Å². The van der Waals surface area contributed by atoms with Crippen LogP contribution in [0, 0.1) is 0 Å². The largest absolute Gasteiger partial charge is 0.490 e. The number of hydrogen-bond donors (Lipinski definition) is 2. The van der Waals surface area contributed by atoms with Gasteiger partial charge in [0, 0.05) is 41.7 Å². The number of fused-ring (bicyclic) bond motifs is 1. The Morgan fingerprint density at radius 1 is 0.974 bits per heavy atom. The molecule has 2 aliphatic heterocycles. The van der Waals surface area contributed by atoms with Crippen LogP contribution in [0.15, 0.2) is 42.5 Å². The van der Waals surface area contributed by atoms with Gasteiger partial charge >= 0.3 is 0 Å². The number of aromatic nitrogens is 2. The topological polar surface area (TPSA) is 73.5 Å². The van der Waals surface area contributed by atoms with Crippen molar-refractivity contribution in [3.63, 3.8) is 0 Å². The molecule has 2 saturated heterocycles. The fourth-order valence-corrected chi connectivity index (χ4v) is 6.99. The number of carbonyl (C=O) groups is 1. The van der Waals surface area contributed by atoms with Crippen LogP contribution >= 0.6 is 0 Å². The van der Waals surface area contributed by atoms with Crippen molar-refractivity contribution in [2.45, 2.75) is 82.3 Å². The molecule has 1 saturated carbocycles. The molecule has 2 N–H and O–H groups in total. The first kappa shape index (κ1) is 26.3. The monoisotopic (exact) mass is 529 g/mol. The zero-order chi connectivity index (χ0) is 26.7. The molecular formula is C32H43N5O2. The van der Waals surface area contributed by atoms with Crippen LogP contribution in [0.4, 0.5) is 5.69 Å². The molecule has 208 valence electrons. The molecule has 0 bridgehead atoms. The maximum absolute atomic E-state index is 13.4. The number of amides is 1. The number of piperidine rings is 2. The van der Waals surface area contributed by atoms with E-state index >= 15 is 0 Å². The van der Waals surface area contributed by atoms with Crippen molar-refractivity contribution in [1.82, 2.24) is 20.0 Å². The van der Waals surface area contributed by atoms with Crippen molar-refractivity contribution in [3.05, 3.63) is 42.5 Å². The second-order valence-electron chi connectivity index (χ2n) is 12.0. The first-order valence-corrected chi connectivity index (χ1v) is 15.1. The number of rotatable bonds is 7. The van der Waals surface area contributed by atoms with Crippen LogP contribution in [-0.2, 0) is 4.79 Å². The Labute approximate surface area is 232 Å². The summed E-state index contributed by atoms with van der Waals surface area (Å²) >= 11 is 0. The minimum Gasteiger partial charge on any atom is -0.490 e. The SMILES string of the molecule is CN1CCC(Oc2ccc(-c3n[nH]c4ccc(NC(=O)CC5(N6CCCCC6)CCCCC5)cc34)cc2)CC1. The lowest BCUT2D eigenvalue weighted by Gasteiger charge is -2.48. The van der Waals surface area contributed by atoms with Gasteiger partial charge in [0.15, 0.2) is 0 Å². The summed E-state index contributed by atoms with van der Waals surface area (Å²) in [6.07, 6.45) is 12.9. The maximum Gasteiger partial charge on any atom is 0.226 e. The van der Waals surface area contributed by atoms with E-state index in [1.165, 1.54) is 38.5 Å². The molecule has 1 amide bonds. The standard InChI is InChI=1S/C32H43N5O2/c1-36-20-14-27(15-21-36)39-26-11-8-24(9-12-26)31-28-22-25(10-13-29(28)34-35-31)33-30(38)23-32(16-4-2-5-17-32)37-18-6-3-7-19-37/h8-13,22,27H,2-7,14-21,23H2,1H3,(H,33,38)(H,34,35). The Morgan fingerprint density at radius 3 is 2.44 bits per heavy atom. The molecule has 3 aromatic rings. The van der Waals surface area contributed by atoms with Gasteiger partial charge in [-0.3, -0.25) is 14.8 Å². The van der Waals surface area contributed by atoms with Gasteiger partial charge in [-0.25, -0.2) is 0 Å². The minimum atomic E-state index is 0.0328. The summed E-state index contributed by atoms with van der Waals surface area (Å²) < 4.78 is 6.23. The maximum atomic E-state index is 13.4. The third-order valence-corrected chi connectivity index (χ3v) is 9.24. The molecule has 0 radical (unpaired) electrons. The van der Waals surface area contributed by atoms with Gasteiger partial charge in [0.05, 0.1) is 11.2 Å². The second kappa shape index (κ2) is 11.7. The molecule has 39 heavy (non-hydrogen) atoms. The fourth-order valence-electron chi connectivity index (χ4n) is 6.99. The van der Waals surface area contributed by atoms with Gasteiger partial charge in [-0.05, 0) is 101 Å². The second-order valence-corrected chi connectivity index (χ2v) is 12.0. The highest BCUT2D eigenvalue weighted by molar-refractivity contribution is 5.98. The summed E-state index contributed by atoms with van der Waals surface area (Å²) in [5.41, 5.74) is 3.76. The molecule has 1 aliphatic carbocycles. The molecule has 1 aromatic heterocycles. The fraction of sp³-hybridized carbons (Fsp3) is 0.562. The Morgan fingerprint density at radius 2 is 1.69 bits per heavy atom. The lowest BCUT2D eigenvalue weighted by Crippen LogP contribution is -2.53. The van der Waals surface area contributed by atoms with Gasteiger partial charge in [-0.2, -0.15) is 5.10 Å². The quantitative estimate of drug-likeness (QED) is 0.380. The highest BCUT2D eigenvalue weighted by Crippen LogP contribution is 2.38. The van der Waals surface area contributed by atoms with Gasteiger partial charge < -0.3 is 15.0 Å². The van der Waals surface area contributed by atoms with Crippen molar-refractivity contribution in [2.24, 2.45) is 0 Å². The number of ether oxygens (including phenoxy) is 1. The van der Waals surface area contributed by atoms with Crippen LogP contribution in [0.3, 0.4) is 0 Å². The molecule has 0 spiro atoms.